The zero-order chi connectivity index (χ0) is 13.2. The van der Waals surface area contributed by atoms with Gasteiger partial charge in [0.1, 0.15) is 5.01 Å². The Bertz CT molecular complexity index is 724. The molecule has 0 radical (unpaired) electrons. The maximum atomic E-state index is 5.98. The molecule has 2 heterocycles. The molecular weight excluding hydrogens is 278 g/mol. The standard InChI is InChI=1S/C14H12ClN3S/c1-9-8-19-14(18-9)7-17-12-4-5-16-13-6-10(15)2-3-11(12)13/h2-6,8H,7H2,1H3,(H,16,17). The van der Waals surface area contributed by atoms with E-state index in [4.69, 9.17) is 11.6 Å². The summed E-state index contributed by atoms with van der Waals surface area (Å²) in [6.07, 6.45) is 1.79. The van der Waals surface area contributed by atoms with Gasteiger partial charge in [0.15, 0.2) is 0 Å². The van der Waals surface area contributed by atoms with Crippen molar-refractivity contribution in [1.82, 2.24) is 9.97 Å². The second-order valence-corrected chi connectivity index (χ2v) is 5.64. The highest BCUT2D eigenvalue weighted by molar-refractivity contribution is 7.09. The predicted molar refractivity (Wildman–Crippen MR) is 80.9 cm³/mol. The zero-order valence-corrected chi connectivity index (χ0v) is 11.9. The van der Waals surface area contributed by atoms with Crippen molar-refractivity contribution in [1.29, 1.82) is 0 Å². The summed E-state index contributed by atoms with van der Waals surface area (Å²) in [7, 11) is 0. The van der Waals surface area contributed by atoms with E-state index in [0.29, 0.717) is 5.02 Å². The molecule has 0 amide bonds. The molecule has 1 N–H and O–H groups in total. The van der Waals surface area contributed by atoms with Crippen LogP contribution in [0.25, 0.3) is 10.9 Å². The van der Waals surface area contributed by atoms with Crippen LogP contribution in [0.4, 0.5) is 5.69 Å². The van der Waals surface area contributed by atoms with Crippen molar-refractivity contribution in [3.63, 3.8) is 0 Å². The van der Waals surface area contributed by atoms with E-state index in [-0.39, 0.29) is 0 Å². The predicted octanol–water partition coefficient (Wildman–Crippen LogP) is 4.27. The molecule has 0 aliphatic carbocycles. The molecular formula is C14H12ClN3S. The zero-order valence-electron chi connectivity index (χ0n) is 10.4. The lowest BCUT2D eigenvalue weighted by Crippen LogP contribution is -2.00. The quantitative estimate of drug-likeness (QED) is 0.782. The first-order valence-corrected chi connectivity index (χ1v) is 7.17. The fourth-order valence-electron chi connectivity index (χ4n) is 1.93. The van der Waals surface area contributed by atoms with Crippen LogP contribution in [0, 0.1) is 6.92 Å². The summed E-state index contributed by atoms with van der Waals surface area (Å²) in [5.74, 6) is 0. The van der Waals surface area contributed by atoms with Crippen molar-refractivity contribution < 1.29 is 0 Å². The Morgan fingerprint density at radius 3 is 3.00 bits per heavy atom. The van der Waals surface area contributed by atoms with Crippen LogP contribution in [0.5, 0.6) is 0 Å². The monoisotopic (exact) mass is 289 g/mol. The van der Waals surface area contributed by atoms with E-state index in [2.05, 4.69) is 20.7 Å². The molecule has 0 aliphatic heterocycles. The third kappa shape index (κ3) is 2.69. The number of rotatable bonds is 3. The van der Waals surface area contributed by atoms with Gasteiger partial charge in [-0.15, -0.1) is 11.3 Å². The van der Waals surface area contributed by atoms with Gasteiger partial charge in [0.25, 0.3) is 0 Å². The summed E-state index contributed by atoms with van der Waals surface area (Å²) in [5.41, 5.74) is 3.01. The number of benzene rings is 1. The number of nitrogens with zero attached hydrogens (tertiary/aromatic N) is 2. The van der Waals surface area contributed by atoms with Gasteiger partial charge in [0.05, 0.1) is 12.1 Å². The van der Waals surface area contributed by atoms with Gasteiger partial charge in [0.2, 0.25) is 0 Å². The minimum atomic E-state index is 0.702. The Kier molecular flexibility index (Phi) is 3.36. The van der Waals surface area contributed by atoms with Crippen molar-refractivity contribution in [3.8, 4) is 0 Å². The summed E-state index contributed by atoms with van der Waals surface area (Å²) < 4.78 is 0. The van der Waals surface area contributed by atoms with Crippen molar-refractivity contribution >= 4 is 39.5 Å². The maximum absolute atomic E-state index is 5.98. The van der Waals surface area contributed by atoms with Crippen molar-refractivity contribution in [2.45, 2.75) is 13.5 Å². The van der Waals surface area contributed by atoms with E-state index in [1.54, 1.807) is 17.5 Å². The van der Waals surface area contributed by atoms with Gasteiger partial charge in [-0.05, 0) is 31.2 Å². The van der Waals surface area contributed by atoms with Crippen LogP contribution in [0.2, 0.25) is 5.02 Å². The van der Waals surface area contributed by atoms with Crippen molar-refractivity contribution in [2.75, 3.05) is 5.32 Å². The number of anilines is 1. The van der Waals surface area contributed by atoms with Gasteiger partial charge in [0, 0.05) is 33.4 Å². The van der Waals surface area contributed by atoms with Gasteiger partial charge < -0.3 is 5.32 Å². The molecule has 0 aliphatic rings. The maximum Gasteiger partial charge on any atom is 0.112 e. The Balaban J connectivity index is 1.88. The number of nitrogens with one attached hydrogen (secondary N) is 1. The van der Waals surface area contributed by atoms with Gasteiger partial charge in [-0.1, -0.05) is 11.6 Å². The highest BCUT2D eigenvalue weighted by Gasteiger charge is 2.04. The van der Waals surface area contributed by atoms with E-state index < -0.39 is 0 Å². The van der Waals surface area contributed by atoms with Gasteiger partial charge in [-0.2, -0.15) is 0 Å². The molecule has 0 atom stereocenters. The average Bonchev–Trinajstić information content (AvgIpc) is 2.81. The SMILES string of the molecule is Cc1csc(CNc2ccnc3cc(Cl)ccc23)n1. The summed E-state index contributed by atoms with van der Waals surface area (Å²) in [6, 6.07) is 7.71. The smallest absolute Gasteiger partial charge is 0.112 e. The van der Waals surface area contributed by atoms with Crippen molar-refractivity contribution in [3.05, 3.63) is 51.6 Å². The first-order chi connectivity index (χ1) is 9.22. The van der Waals surface area contributed by atoms with Crippen LogP contribution in [0.3, 0.4) is 0 Å². The van der Waals surface area contributed by atoms with Crippen LogP contribution >= 0.6 is 22.9 Å². The number of aryl methyl sites for hydroxylation is 1. The van der Waals surface area contributed by atoms with Crippen LogP contribution in [0.1, 0.15) is 10.7 Å². The minimum absolute atomic E-state index is 0.702. The van der Waals surface area contributed by atoms with E-state index in [9.17, 15) is 0 Å². The largest absolute Gasteiger partial charge is 0.378 e. The van der Waals surface area contributed by atoms with Crippen LogP contribution in [0.15, 0.2) is 35.8 Å². The molecule has 0 saturated heterocycles. The first-order valence-electron chi connectivity index (χ1n) is 5.91. The Morgan fingerprint density at radius 2 is 2.21 bits per heavy atom. The molecule has 0 saturated carbocycles. The number of fused-ring (bicyclic) bond motifs is 1. The number of hydrogen-bond donors (Lipinski definition) is 1. The molecule has 1 aromatic carbocycles. The number of pyridine rings is 1. The van der Waals surface area contributed by atoms with Gasteiger partial charge in [-0.3, -0.25) is 4.98 Å². The summed E-state index contributed by atoms with van der Waals surface area (Å²) in [4.78, 5) is 8.76. The lowest BCUT2D eigenvalue weighted by Gasteiger charge is -2.08. The molecule has 5 heteroatoms. The molecule has 2 aromatic heterocycles. The lowest BCUT2D eigenvalue weighted by molar-refractivity contribution is 1.08. The van der Waals surface area contributed by atoms with Gasteiger partial charge >= 0.3 is 0 Å². The fraction of sp³-hybridized carbons (Fsp3) is 0.143. The van der Waals surface area contributed by atoms with E-state index in [1.807, 2.05) is 31.2 Å². The molecule has 96 valence electrons. The second-order valence-electron chi connectivity index (χ2n) is 4.26. The van der Waals surface area contributed by atoms with E-state index in [0.717, 1.165) is 33.8 Å². The summed E-state index contributed by atoms with van der Waals surface area (Å²) >= 11 is 7.64. The highest BCUT2D eigenvalue weighted by Crippen LogP contribution is 2.25. The number of aromatic nitrogens is 2. The molecule has 3 aromatic rings. The highest BCUT2D eigenvalue weighted by atomic mass is 35.5. The number of hydrogen-bond acceptors (Lipinski definition) is 4. The molecule has 3 nitrogen and oxygen atoms in total. The average molecular weight is 290 g/mol. The van der Waals surface area contributed by atoms with Crippen LogP contribution < -0.4 is 5.32 Å². The molecule has 0 unspecified atom stereocenters. The minimum Gasteiger partial charge on any atom is -0.378 e. The Labute approximate surface area is 120 Å². The molecule has 0 fully saturated rings. The Morgan fingerprint density at radius 1 is 1.32 bits per heavy atom. The number of thiazole rings is 1. The Hall–Kier alpha value is -1.65. The summed E-state index contributed by atoms with van der Waals surface area (Å²) in [5, 5.41) is 8.31. The van der Waals surface area contributed by atoms with Gasteiger partial charge in [-0.25, -0.2) is 4.98 Å². The molecule has 0 bridgehead atoms. The second kappa shape index (κ2) is 5.15. The topological polar surface area (TPSA) is 37.8 Å². The molecule has 19 heavy (non-hydrogen) atoms. The molecule has 3 rings (SSSR count). The number of halogens is 1. The van der Waals surface area contributed by atoms with Crippen LogP contribution in [-0.2, 0) is 6.54 Å². The van der Waals surface area contributed by atoms with E-state index in [1.165, 1.54) is 0 Å². The van der Waals surface area contributed by atoms with E-state index >= 15 is 0 Å². The van der Waals surface area contributed by atoms with Crippen LogP contribution in [-0.4, -0.2) is 9.97 Å². The summed E-state index contributed by atoms with van der Waals surface area (Å²) in [6.45, 7) is 2.73. The normalized spacial score (nSPS) is 10.8. The fourth-order valence-corrected chi connectivity index (χ4v) is 2.81. The lowest BCUT2D eigenvalue weighted by atomic mass is 10.2. The third-order valence-electron chi connectivity index (χ3n) is 2.80. The third-order valence-corrected chi connectivity index (χ3v) is 4.00. The first kappa shape index (κ1) is 12.4. The molecule has 0 spiro atoms. The van der Waals surface area contributed by atoms with Crippen molar-refractivity contribution in [2.24, 2.45) is 0 Å².